The van der Waals surface area contributed by atoms with Crippen LogP contribution in [0, 0.1) is 0 Å². The van der Waals surface area contributed by atoms with E-state index in [1.165, 1.54) is 18.3 Å². The molecule has 0 saturated heterocycles. The molecule has 2 aromatic heterocycles. The molecule has 0 unspecified atom stereocenters. The third-order valence-electron chi connectivity index (χ3n) is 3.58. The minimum absolute atomic E-state index is 0.158. The highest BCUT2D eigenvalue weighted by molar-refractivity contribution is 6.33. The van der Waals surface area contributed by atoms with Crippen LogP contribution in [0.15, 0.2) is 67.1 Å². The number of para-hydroxylation sites is 1. The molecular formula is C19H15ClN4O2. The molecule has 130 valence electrons. The van der Waals surface area contributed by atoms with Gasteiger partial charge in [0.2, 0.25) is 0 Å². The maximum atomic E-state index is 12.4. The molecule has 26 heavy (non-hydrogen) atoms. The van der Waals surface area contributed by atoms with Gasteiger partial charge in [-0.1, -0.05) is 23.7 Å². The Balaban J connectivity index is 1.68. The van der Waals surface area contributed by atoms with Crippen LogP contribution in [-0.4, -0.2) is 21.8 Å². The lowest BCUT2D eigenvalue weighted by Crippen LogP contribution is -2.24. The molecule has 0 fully saturated rings. The van der Waals surface area contributed by atoms with Crippen LogP contribution in [0.4, 0.5) is 5.69 Å². The molecule has 2 heterocycles. The fraction of sp³-hybridized carbons (Fsp3) is 0.0526. The van der Waals surface area contributed by atoms with Gasteiger partial charge in [-0.15, -0.1) is 0 Å². The Morgan fingerprint density at radius 3 is 2.50 bits per heavy atom. The minimum atomic E-state index is -0.372. The molecule has 0 aliphatic heterocycles. The third kappa shape index (κ3) is 4.43. The number of nitrogens with one attached hydrogen (secondary N) is 2. The number of rotatable bonds is 5. The summed E-state index contributed by atoms with van der Waals surface area (Å²) in [6.45, 7) is 0.346. The topological polar surface area (TPSA) is 84.0 Å². The fourth-order valence-electron chi connectivity index (χ4n) is 2.23. The van der Waals surface area contributed by atoms with Gasteiger partial charge in [-0.05, 0) is 42.0 Å². The van der Waals surface area contributed by atoms with E-state index in [0.29, 0.717) is 22.8 Å². The van der Waals surface area contributed by atoms with Crippen LogP contribution in [0.25, 0.3) is 0 Å². The number of pyridine rings is 2. The van der Waals surface area contributed by atoms with Crippen LogP contribution >= 0.6 is 11.6 Å². The number of benzene rings is 1. The average Bonchev–Trinajstić information content (AvgIpc) is 2.69. The molecule has 6 nitrogen and oxygen atoms in total. The number of hydrogen-bond donors (Lipinski definition) is 2. The SMILES string of the molecule is O=C(Nc1ccccc1Cl)c1ccnc(C(=O)NCc2ccncc2)c1. The van der Waals surface area contributed by atoms with Crippen molar-refractivity contribution in [2.45, 2.75) is 6.54 Å². The predicted molar refractivity (Wildman–Crippen MR) is 99.0 cm³/mol. The molecule has 3 rings (SSSR count). The summed E-state index contributed by atoms with van der Waals surface area (Å²) in [4.78, 5) is 32.6. The Morgan fingerprint density at radius 1 is 0.962 bits per heavy atom. The summed E-state index contributed by atoms with van der Waals surface area (Å²) in [5.41, 5.74) is 1.89. The molecule has 0 radical (unpaired) electrons. The Bertz CT molecular complexity index is 932. The Morgan fingerprint density at radius 2 is 1.73 bits per heavy atom. The second kappa shape index (κ2) is 8.22. The summed E-state index contributed by atoms with van der Waals surface area (Å²) in [6.07, 6.45) is 4.72. The Hall–Kier alpha value is -3.25. The zero-order valence-electron chi connectivity index (χ0n) is 13.6. The van der Waals surface area contributed by atoms with Crippen molar-refractivity contribution in [1.82, 2.24) is 15.3 Å². The summed E-state index contributed by atoms with van der Waals surface area (Å²) in [5, 5.41) is 5.91. The summed E-state index contributed by atoms with van der Waals surface area (Å²) in [7, 11) is 0. The average molecular weight is 367 g/mol. The normalized spacial score (nSPS) is 10.2. The van der Waals surface area contributed by atoms with Gasteiger partial charge in [0.25, 0.3) is 11.8 Å². The number of carbonyl (C=O) groups is 2. The van der Waals surface area contributed by atoms with Gasteiger partial charge in [0.15, 0.2) is 0 Å². The molecule has 2 N–H and O–H groups in total. The number of nitrogens with zero attached hydrogens (tertiary/aromatic N) is 2. The number of aromatic nitrogens is 2. The molecule has 0 aliphatic carbocycles. The molecule has 3 aromatic rings. The number of hydrogen-bond acceptors (Lipinski definition) is 4. The van der Waals surface area contributed by atoms with Crippen LogP contribution in [-0.2, 0) is 6.54 Å². The van der Waals surface area contributed by atoms with Crippen LogP contribution in [0.3, 0.4) is 0 Å². The second-order valence-corrected chi connectivity index (χ2v) is 5.81. The van der Waals surface area contributed by atoms with Crippen LogP contribution < -0.4 is 10.6 Å². The summed E-state index contributed by atoms with van der Waals surface area (Å²) in [6, 6.07) is 13.5. The molecule has 0 bridgehead atoms. The Kier molecular flexibility index (Phi) is 5.56. The first-order valence-corrected chi connectivity index (χ1v) is 8.20. The number of anilines is 1. The highest BCUT2D eigenvalue weighted by Gasteiger charge is 2.13. The van der Waals surface area contributed by atoms with E-state index in [4.69, 9.17) is 11.6 Å². The van der Waals surface area contributed by atoms with E-state index in [9.17, 15) is 9.59 Å². The summed E-state index contributed by atoms with van der Waals surface area (Å²) >= 11 is 6.04. The van der Waals surface area contributed by atoms with Gasteiger partial charge >= 0.3 is 0 Å². The van der Waals surface area contributed by atoms with Crippen LogP contribution in [0.1, 0.15) is 26.4 Å². The van der Waals surface area contributed by atoms with Gasteiger partial charge in [0, 0.05) is 30.7 Å². The van der Waals surface area contributed by atoms with Gasteiger partial charge < -0.3 is 10.6 Å². The molecule has 1 aromatic carbocycles. The highest BCUT2D eigenvalue weighted by atomic mass is 35.5. The van der Waals surface area contributed by atoms with Gasteiger partial charge in [-0.2, -0.15) is 0 Å². The third-order valence-corrected chi connectivity index (χ3v) is 3.91. The van der Waals surface area contributed by atoms with E-state index in [1.807, 2.05) is 0 Å². The van der Waals surface area contributed by atoms with Crippen LogP contribution in [0.2, 0.25) is 5.02 Å². The largest absolute Gasteiger partial charge is 0.347 e. The van der Waals surface area contributed by atoms with E-state index in [2.05, 4.69) is 20.6 Å². The summed E-state index contributed by atoms with van der Waals surface area (Å²) < 4.78 is 0. The quantitative estimate of drug-likeness (QED) is 0.725. The molecule has 2 amide bonds. The molecular weight excluding hydrogens is 352 g/mol. The molecule has 0 aliphatic rings. The molecule has 0 atom stereocenters. The molecule has 0 saturated carbocycles. The first kappa shape index (κ1) is 17.6. The zero-order chi connectivity index (χ0) is 18.4. The lowest BCUT2D eigenvalue weighted by molar-refractivity contribution is 0.0946. The van der Waals surface area contributed by atoms with Gasteiger partial charge in [0.05, 0.1) is 10.7 Å². The van der Waals surface area contributed by atoms with Crippen molar-refractivity contribution in [3.63, 3.8) is 0 Å². The van der Waals surface area contributed by atoms with Crippen molar-refractivity contribution in [3.05, 3.63) is 89.0 Å². The molecule has 0 spiro atoms. The number of halogens is 1. The van der Waals surface area contributed by atoms with E-state index < -0.39 is 0 Å². The van der Waals surface area contributed by atoms with Crippen LogP contribution in [0.5, 0.6) is 0 Å². The number of carbonyl (C=O) groups excluding carboxylic acids is 2. The molecule has 7 heteroatoms. The number of amides is 2. The smallest absolute Gasteiger partial charge is 0.270 e. The van der Waals surface area contributed by atoms with Crippen molar-refractivity contribution >= 4 is 29.1 Å². The standard InChI is InChI=1S/C19H15ClN4O2/c20-15-3-1-2-4-16(15)24-18(25)14-7-10-22-17(11-14)19(26)23-12-13-5-8-21-9-6-13/h1-11H,12H2,(H,23,26)(H,24,25). The first-order chi connectivity index (χ1) is 12.6. The first-order valence-electron chi connectivity index (χ1n) is 7.82. The summed E-state index contributed by atoms with van der Waals surface area (Å²) in [5.74, 6) is -0.738. The van der Waals surface area contributed by atoms with Crippen molar-refractivity contribution < 1.29 is 9.59 Å². The fourth-order valence-corrected chi connectivity index (χ4v) is 2.41. The van der Waals surface area contributed by atoms with Gasteiger partial charge in [-0.3, -0.25) is 19.6 Å². The van der Waals surface area contributed by atoms with Crippen molar-refractivity contribution in [1.29, 1.82) is 0 Å². The van der Waals surface area contributed by atoms with E-state index in [-0.39, 0.29) is 17.5 Å². The van der Waals surface area contributed by atoms with E-state index in [1.54, 1.807) is 48.8 Å². The van der Waals surface area contributed by atoms with E-state index in [0.717, 1.165) is 5.56 Å². The lowest BCUT2D eigenvalue weighted by Gasteiger charge is -2.08. The van der Waals surface area contributed by atoms with E-state index >= 15 is 0 Å². The predicted octanol–water partition coefficient (Wildman–Crippen LogP) is 3.31. The Labute approximate surface area is 155 Å². The minimum Gasteiger partial charge on any atom is -0.347 e. The lowest BCUT2D eigenvalue weighted by atomic mass is 10.2. The van der Waals surface area contributed by atoms with Crippen molar-refractivity contribution in [2.75, 3.05) is 5.32 Å². The second-order valence-electron chi connectivity index (χ2n) is 5.40. The van der Waals surface area contributed by atoms with Crippen molar-refractivity contribution in [3.8, 4) is 0 Å². The van der Waals surface area contributed by atoms with Crippen molar-refractivity contribution in [2.24, 2.45) is 0 Å². The maximum absolute atomic E-state index is 12.4. The maximum Gasteiger partial charge on any atom is 0.270 e. The monoisotopic (exact) mass is 366 g/mol. The van der Waals surface area contributed by atoms with Gasteiger partial charge in [-0.25, -0.2) is 0 Å². The highest BCUT2D eigenvalue weighted by Crippen LogP contribution is 2.21. The zero-order valence-corrected chi connectivity index (χ0v) is 14.4. The van der Waals surface area contributed by atoms with Gasteiger partial charge in [0.1, 0.15) is 5.69 Å².